The molecule has 1 aliphatic heterocycles. The Morgan fingerprint density at radius 3 is 2.16 bits per heavy atom. The summed E-state index contributed by atoms with van der Waals surface area (Å²) < 4.78 is 4.92. The molecule has 0 aromatic heterocycles. The smallest absolute Gasteiger partial charge is 0.316 e. The standard InChI is InChI=1S/C19H18N2O3S/c1-2-24-16(22)13-25-18-20-17(23)19(21-18,14-9-5-3-6-10-14)15-11-7-4-8-12-15/h3-12H,2,13H2,1H3,(H,20,21,23). The van der Waals surface area contributed by atoms with Gasteiger partial charge >= 0.3 is 5.97 Å². The quantitative estimate of drug-likeness (QED) is 0.839. The number of nitrogens with zero attached hydrogens (tertiary/aromatic N) is 1. The molecule has 0 saturated heterocycles. The van der Waals surface area contributed by atoms with Gasteiger partial charge in [0.25, 0.3) is 5.91 Å². The zero-order valence-corrected chi connectivity index (χ0v) is 14.6. The van der Waals surface area contributed by atoms with Crippen molar-refractivity contribution in [1.82, 2.24) is 5.32 Å². The normalized spacial score (nSPS) is 15.4. The molecule has 0 saturated carbocycles. The topological polar surface area (TPSA) is 67.8 Å². The maximum absolute atomic E-state index is 12.9. The Labute approximate surface area is 150 Å². The molecule has 1 amide bonds. The minimum absolute atomic E-state index is 0.104. The van der Waals surface area contributed by atoms with Crippen LogP contribution >= 0.6 is 11.8 Å². The van der Waals surface area contributed by atoms with Gasteiger partial charge in [-0.3, -0.25) is 9.59 Å². The maximum atomic E-state index is 12.9. The largest absolute Gasteiger partial charge is 0.465 e. The molecule has 1 aliphatic rings. The molecule has 0 fully saturated rings. The summed E-state index contributed by atoms with van der Waals surface area (Å²) in [5, 5.41) is 3.23. The summed E-state index contributed by atoms with van der Waals surface area (Å²) in [5.41, 5.74) is 0.426. The second-order valence-corrected chi connectivity index (χ2v) is 6.37. The van der Waals surface area contributed by atoms with Crippen molar-refractivity contribution in [3.05, 3.63) is 71.8 Å². The summed E-state index contributed by atoms with van der Waals surface area (Å²) in [6, 6.07) is 18.9. The number of ether oxygens (including phenoxy) is 1. The highest BCUT2D eigenvalue weighted by Crippen LogP contribution is 2.38. The third-order valence-electron chi connectivity index (χ3n) is 3.83. The molecule has 25 heavy (non-hydrogen) atoms. The van der Waals surface area contributed by atoms with Crippen LogP contribution in [0.4, 0.5) is 0 Å². The molecule has 3 rings (SSSR count). The fraction of sp³-hybridized carbons (Fsp3) is 0.211. The van der Waals surface area contributed by atoms with Crippen molar-refractivity contribution in [2.45, 2.75) is 12.5 Å². The van der Waals surface area contributed by atoms with Crippen molar-refractivity contribution in [3.63, 3.8) is 0 Å². The molecule has 0 radical (unpaired) electrons. The van der Waals surface area contributed by atoms with Crippen LogP contribution in [0.25, 0.3) is 0 Å². The average molecular weight is 354 g/mol. The first-order chi connectivity index (χ1) is 12.2. The van der Waals surface area contributed by atoms with E-state index in [2.05, 4.69) is 10.3 Å². The Morgan fingerprint density at radius 1 is 1.08 bits per heavy atom. The number of carbonyl (C=O) groups is 2. The molecule has 0 spiro atoms. The zero-order valence-electron chi connectivity index (χ0n) is 13.8. The highest BCUT2D eigenvalue weighted by molar-refractivity contribution is 8.14. The third kappa shape index (κ3) is 3.44. The summed E-state index contributed by atoms with van der Waals surface area (Å²) in [6.45, 7) is 2.09. The summed E-state index contributed by atoms with van der Waals surface area (Å²) >= 11 is 1.17. The Morgan fingerprint density at radius 2 is 1.64 bits per heavy atom. The molecule has 5 nitrogen and oxygen atoms in total. The van der Waals surface area contributed by atoms with Crippen LogP contribution in [-0.2, 0) is 19.9 Å². The van der Waals surface area contributed by atoms with E-state index in [1.165, 1.54) is 11.8 Å². The number of amidine groups is 1. The number of carbonyl (C=O) groups excluding carboxylic acids is 2. The number of hydrogen-bond donors (Lipinski definition) is 1. The summed E-state index contributed by atoms with van der Waals surface area (Å²) in [6.07, 6.45) is 0. The third-order valence-corrected chi connectivity index (χ3v) is 4.68. The van der Waals surface area contributed by atoms with Gasteiger partial charge in [-0.25, -0.2) is 4.99 Å². The van der Waals surface area contributed by atoms with E-state index in [1.54, 1.807) is 6.92 Å². The number of benzene rings is 2. The molecule has 1 heterocycles. The molecular weight excluding hydrogens is 336 g/mol. The maximum Gasteiger partial charge on any atom is 0.316 e. The number of rotatable bonds is 5. The van der Waals surface area contributed by atoms with Gasteiger partial charge in [-0.15, -0.1) is 0 Å². The second-order valence-electron chi connectivity index (χ2n) is 5.41. The Balaban J connectivity index is 1.98. The van der Waals surface area contributed by atoms with Crippen LogP contribution in [-0.4, -0.2) is 29.4 Å². The van der Waals surface area contributed by atoms with Crippen molar-refractivity contribution < 1.29 is 14.3 Å². The summed E-state index contributed by atoms with van der Waals surface area (Å²) in [7, 11) is 0. The number of nitrogens with one attached hydrogen (secondary N) is 1. The molecule has 128 valence electrons. The van der Waals surface area contributed by atoms with Gasteiger partial charge in [0.15, 0.2) is 10.7 Å². The highest BCUT2D eigenvalue weighted by Gasteiger charge is 2.46. The number of esters is 1. The Hall–Kier alpha value is -2.60. The van der Waals surface area contributed by atoms with Crippen LogP contribution in [0, 0.1) is 0 Å². The number of hydrogen-bond acceptors (Lipinski definition) is 5. The lowest BCUT2D eigenvalue weighted by Gasteiger charge is -2.24. The van der Waals surface area contributed by atoms with E-state index in [9.17, 15) is 9.59 Å². The highest BCUT2D eigenvalue weighted by atomic mass is 32.2. The fourth-order valence-corrected chi connectivity index (χ4v) is 3.44. The first-order valence-corrected chi connectivity index (χ1v) is 8.96. The van der Waals surface area contributed by atoms with Crippen LogP contribution < -0.4 is 5.32 Å². The molecule has 0 aliphatic carbocycles. The molecule has 2 aromatic carbocycles. The van der Waals surface area contributed by atoms with Crippen molar-refractivity contribution in [1.29, 1.82) is 0 Å². The van der Waals surface area contributed by atoms with Crippen LogP contribution in [0.1, 0.15) is 18.1 Å². The van der Waals surface area contributed by atoms with E-state index >= 15 is 0 Å². The van der Waals surface area contributed by atoms with Gasteiger partial charge in [-0.05, 0) is 18.1 Å². The predicted molar refractivity (Wildman–Crippen MR) is 98.3 cm³/mol. The molecule has 0 unspecified atom stereocenters. The number of amides is 1. The lowest BCUT2D eigenvalue weighted by Crippen LogP contribution is -2.38. The number of thioether (sulfide) groups is 1. The summed E-state index contributed by atoms with van der Waals surface area (Å²) in [5.74, 6) is -0.454. The first-order valence-electron chi connectivity index (χ1n) is 7.97. The molecule has 6 heteroatoms. The second kappa shape index (κ2) is 7.53. The van der Waals surface area contributed by atoms with Crippen LogP contribution in [0.15, 0.2) is 65.7 Å². The predicted octanol–water partition coefficient (Wildman–Crippen LogP) is 2.71. The molecule has 1 N–H and O–H groups in total. The van der Waals surface area contributed by atoms with E-state index in [0.29, 0.717) is 11.8 Å². The van der Waals surface area contributed by atoms with Crippen LogP contribution in [0.5, 0.6) is 0 Å². The fourth-order valence-electron chi connectivity index (χ4n) is 2.73. The first kappa shape index (κ1) is 17.2. The lowest BCUT2D eigenvalue weighted by molar-refractivity contribution is -0.139. The minimum Gasteiger partial charge on any atom is -0.465 e. The van der Waals surface area contributed by atoms with Gasteiger partial charge < -0.3 is 10.1 Å². The van der Waals surface area contributed by atoms with Gasteiger partial charge in [-0.1, -0.05) is 72.4 Å². The number of aliphatic imine (C=N–C) groups is 1. The van der Waals surface area contributed by atoms with E-state index in [0.717, 1.165) is 11.1 Å². The van der Waals surface area contributed by atoms with Crippen molar-refractivity contribution >= 4 is 28.8 Å². The lowest BCUT2D eigenvalue weighted by atomic mass is 9.83. The van der Waals surface area contributed by atoms with Crippen molar-refractivity contribution in [2.75, 3.05) is 12.4 Å². The van der Waals surface area contributed by atoms with Crippen molar-refractivity contribution in [2.24, 2.45) is 4.99 Å². The van der Waals surface area contributed by atoms with Gasteiger partial charge in [0.2, 0.25) is 0 Å². The van der Waals surface area contributed by atoms with E-state index in [4.69, 9.17) is 4.74 Å². The van der Waals surface area contributed by atoms with E-state index < -0.39 is 5.54 Å². The molecule has 0 bridgehead atoms. The minimum atomic E-state index is -1.14. The van der Waals surface area contributed by atoms with Gasteiger partial charge in [0.05, 0.1) is 12.4 Å². The van der Waals surface area contributed by atoms with E-state index in [-0.39, 0.29) is 17.6 Å². The zero-order chi connectivity index (χ0) is 17.7. The van der Waals surface area contributed by atoms with Gasteiger partial charge in [-0.2, -0.15) is 0 Å². The molecule has 2 aromatic rings. The Kier molecular flexibility index (Phi) is 5.19. The van der Waals surface area contributed by atoms with Crippen LogP contribution in [0.3, 0.4) is 0 Å². The molecular formula is C19H18N2O3S. The Bertz CT molecular complexity index is 751. The van der Waals surface area contributed by atoms with Gasteiger partial charge in [0, 0.05) is 0 Å². The van der Waals surface area contributed by atoms with Crippen LogP contribution in [0.2, 0.25) is 0 Å². The molecule has 0 atom stereocenters. The van der Waals surface area contributed by atoms with Gasteiger partial charge in [0.1, 0.15) is 0 Å². The van der Waals surface area contributed by atoms with E-state index in [1.807, 2.05) is 60.7 Å². The van der Waals surface area contributed by atoms with Crippen molar-refractivity contribution in [3.8, 4) is 0 Å². The SMILES string of the molecule is CCOC(=O)CSC1=NC(c2ccccc2)(c2ccccc2)C(=O)N1. The summed E-state index contributed by atoms with van der Waals surface area (Å²) in [4.78, 5) is 29.2. The average Bonchev–Trinajstić information content (AvgIpc) is 2.99. The monoisotopic (exact) mass is 354 g/mol.